The van der Waals surface area contributed by atoms with Crippen molar-refractivity contribution in [2.24, 2.45) is 5.73 Å². The topological polar surface area (TPSA) is 72.2 Å². The summed E-state index contributed by atoms with van der Waals surface area (Å²) in [5.41, 5.74) is 6.69. The number of primary amides is 1. The molecule has 2 amide bonds. The van der Waals surface area contributed by atoms with Crippen LogP contribution in [0.25, 0.3) is 0 Å². The minimum Gasteiger partial charge on any atom is -0.370 e. The fraction of sp³-hybridized carbons (Fsp3) is 0.385. The van der Waals surface area contributed by atoms with Gasteiger partial charge in [-0.1, -0.05) is 15.9 Å². The van der Waals surface area contributed by atoms with Crippen LogP contribution < -0.4 is 11.1 Å². The second kappa shape index (κ2) is 7.16. The highest BCUT2D eigenvalue weighted by Gasteiger charge is 2.06. The predicted octanol–water partition coefficient (Wildman–Crippen LogP) is 2.14. The van der Waals surface area contributed by atoms with Crippen molar-refractivity contribution in [3.05, 3.63) is 33.8 Å². The van der Waals surface area contributed by atoms with Gasteiger partial charge in [-0.2, -0.15) is 0 Å². The van der Waals surface area contributed by atoms with Gasteiger partial charge in [0.15, 0.2) is 0 Å². The lowest BCUT2D eigenvalue weighted by molar-refractivity contribution is -0.118. The highest BCUT2D eigenvalue weighted by atomic mass is 79.9. The van der Waals surface area contributed by atoms with Crippen molar-refractivity contribution in [2.45, 2.75) is 26.2 Å². The van der Waals surface area contributed by atoms with Gasteiger partial charge in [-0.25, -0.2) is 0 Å². The van der Waals surface area contributed by atoms with Crippen molar-refractivity contribution < 1.29 is 9.59 Å². The summed E-state index contributed by atoms with van der Waals surface area (Å²) in [6, 6.07) is 5.47. The Hall–Kier alpha value is -1.36. The van der Waals surface area contributed by atoms with Crippen LogP contribution in [0, 0.1) is 6.92 Å². The molecule has 0 aliphatic heterocycles. The first-order chi connectivity index (χ1) is 8.50. The lowest BCUT2D eigenvalue weighted by Gasteiger charge is -2.06. The standard InChI is InChI=1S/C13H17BrN2O2/c1-9-8-10(5-6-11(9)14)13(18)16-7-3-2-4-12(15)17/h5-6,8H,2-4,7H2,1H3,(H2,15,17)(H,16,18). The number of aryl methyl sites for hydroxylation is 1. The van der Waals surface area contributed by atoms with Crippen molar-refractivity contribution in [2.75, 3.05) is 6.54 Å². The van der Waals surface area contributed by atoms with E-state index in [0.29, 0.717) is 24.9 Å². The Morgan fingerprint density at radius 2 is 2.06 bits per heavy atom. The maximum Gasteiger partial charge on any atom is 0.251 e. The van der Waals surface area contributed by atoms with Crippen LogP contribution in [0.5, 0.6) is 0 Å². The summed E-state index contributed by atoms with van der Waals surface area (Å²) in [6.45, 7) is 2.49. The van der Waals surface area contributed by atoms with Crippen LogP contribution in [0.1, 0.15) is 35.2 Å². The second-order valence-corrected chi connectivity index (χ2v) is 5.00. The van der Waals surface area contributed by atoms with E-state index in [2.05, 4.69) is 21.2 Å². The highest BCUT2D eigenvalue weighted by Crippen LogP contribution is 2.16. The molecular weight excluding hydrogens is 296 g/mol. The average Bonchev–Trinajstić information content (AvgIpc) is 2.31. The van der Waals surface area contributed by atoms with E-state index in [1.807, 2.05) is 19.1 Å². The fourth-order valence-electron chi connectivity index (χ4n) is 1.51. The zero-order valence-corrected chi connectivity index (χ0v) is 11.9. The average molecular weight is 313 g/mol. The van der Waals surface area contributed by atoms with E-state index in [-0.39, 0.29) is 11.8 Å². The molecule has 0 saturated carbocycles. The molecule has 0 heterocycles. The number of nitrogens with two attached hydrogens (primary N) is 1. The largest absolute Gasteiger partial charge is 0.370 e. The molecule has 1 aromatic rings. The molecule has 1 rings (SSSR count). The number of hydrogen-bond acceptors (Lipinski definition) is 2. The summed E-state index contributed by atoms with van der Waals surface area (Å²) in [7, 11) is 0. The van der Waals surface area contributed by atoms with Gasteiger partial charge in [-0.05, 0) is 43.5 Å². The number of halogens is 1. The molecule has 5 heteroatoms. The summed E-state index contributed by atoms with van der Waals surface area (Å²) in [5, 5.41) is 2.81. The Kier molecular flexibility index (Phi) is 5.85. The number of rotatable bonds is 6. The first-order valence-corrected chi connectivity index (χ1v) is 6.62. The first-order valence-electron chi connectivity index (χ1n) is 5.83. The van der Waals surface area contributed by atoms with Crippen LogP contribution in [0.3, 0.4) is 0 Å². The molecule has 0 bridgehead atoms. The quantitative estimate of drug-likeness (QED) is 0.790. The smallest absolute Gasteiger partial charge is 0.251 e. The maximum absolute atomic E-state index is 11.8. The predicted molar refractivity (Wildman–Crippen MR) is 74.3 cm³/mol. The summed E-state index contributed by atoms with van der Waals surface area (Å²) in [4.78, 5) is 22.3. The molecule has 0 radical (unpaired) electrons. The number of amides is 2. The fourth-order valence-corrected chi connectivity index (χ4v) is 1.76. The van der Waals surface area contributed by atoms with Crippen LogP contribution in [-0.4, -0.2) is 18.4 Å². The molecule has 98 valence electrons. The number of carbonyl (C=O) groups is 2. The van der Waals surface area contributed by atoms with Crippen LogP contribution in [-0.2, 0) is 4.79 Å². The lowest BCUT2D eigenvalue weighted by Crippen LogP contribution is -2.24. The molecule has 0 fully saturated rings. The molecule has 0 saturated heterocycles. The number of hydrogen-bond donors (Lipinski definition) is 2. The van der Waals surface area contributed by atoms with E-state index in [1.165, 1.54) is 0 Å². The van der Waals surface area contributed by atoms with Crippen LogP contribution in [0.15, 0.2) is 22.7 Å². The van der Waals surface area contributed by atoms with Gasteiger partial charge in [0.1, 0.15) is 0 Å². The molecule has 0 aliphatic rings. The third-order valence-electron chi connectivity index (χ3n) is 2.56. The Balaban J connectivity index is 2.36. The van der Waals surface area contributed by atoms with Crippen molar-refractivity contribution in [1.29, 1.82) is 0 Å². The summed E-state index contributed by atoms with van der Waals surface area (Å²) < 4.78 is 0.987. The Bertz CT molecular complexity index is 447. The molecule has 0 unspecified atom stereocenters. The minimum atomic E-state index is -0.301. The Morgan fingerprint density at radius 1 is 1.33 bits per heavy atom. The zero-order chi connectivity index (χ0) is 13.5. The molecule has 18 heavy (non-hydrogen) atoms. The van der Waals surface area contributed by atoms with Crippen molar-refractivity contribution in [3.63, 3.8) is 0 Å². The molecular formula is C13H17BrN2O2. The Labute approximate surface area is 115 Å². The third kappa shape index (κ3) is 4.87. The molecule has 0 spiro atoms. The van der Waals surface area contributed by atoms with E-state index < -0.39 is 0 Å². The summed E-state index contributed by atoms with van der Waals surface area (Å²) in [6.07, 6.45) is 1.83. The van der Waals surface area contributed by atoms with Crippen molar-refractivity contribution in [3.8, 4) is 0 Å². The molecule has 3 N–H and O–H groups in total. The van der Waals surface area contributed by atoms with Crippen LogP contribution in [0.2, 0.25) is 0 Å². The summed E-state index contributed by atoms with van der Waals surface area (Å²) in [5.74, 6) is -0.394. The second-order valence-electron chi connectivity index (χ2n) is 4.14. The minimum absolute atomic E-state index is 0.0929. The van der Waals surface area contributed by atoms with E-state index >= 15 is 0 Å². The van der Waals surface area contributed by atoms with Gasteiger partial charge in [0.25, 0.3) is 5.91 Å². The number of carbonyl (C=O) groups excluding carboxylic acids is 2. The molecule has 1 aromatic carbocycles. The molecule has 0 aromatic heterocycles. The molecule has 4 nitrogen and oxygen atoms in total. The van der Waals surface area contributed by atoms with E-state index in [0.717, 1.165) is 16.5 Å². The van der Waals surface area contributed by atoms with Gasteiger partial charge < -0.3 is 11.1 Å². The third-order valence-corrected chi connectivity index (χ3v) is 3.45. The number of nitrogens with one attached hydrogen (secondary N) is 1. The molecule has 0 aliphatic carbocycles. The first kappa shape index (κ1) is 14.7. The van der Waals surface area contributed by atoms with Crippen molar-refractivity contribution >= 4 is 27.7 Å². The number of benzene rings is 1. The van der Waals surface area contributed by atoms with E-state index in [4.69, 9.17) is 5.73 Å². The van der Waals surface area contributed by atoms with Gasteiger partial charge in [0.2, 0.25) is 5.91 Å². The van der Waals surface area contributed by atoms with Gasteiger partial charge in [-0.3, -0.25) is 9.59 Å². The normalized spacial score (nSPS) is 10.1. The lowest BCUT2D eigenvalue weighted by atomic mass is 10.1. The van der Waals surface area contributed by atoms with E-state index in [9.17, 15) is 9.59 Å². The molecule has 0 atom stereocenters. The van der Waals surface area contributed by atoms with Crippen molar-refractivity contribution in [1.82, 2.24) is 5.32 Å². The zero-order valence-electron chi connectivity index (χ0n) is 10.3. The van der Waals surface area contributed by atoms with Gasteiger partial charge in [-0.15, -0.1) is 0 Å². The Morgan fingerprint density at radius 3 is 2.67 bits per heavy atom. The van der Waals surface area contributed by atoms with E-state index in [1.54, 1.807) is 6.07 Å². The summed E-state index contributed by atoms with van der Waals surface area (Å²) >= 11 is 3.39. The SMILES string of the molecule is Cc1cc(C(=O)NCCCCC(N)=O)ccc1Br. The number of unbranched alkanes of at least 4 members (excludes halogenated alkanes) is 1. The highest BCUT2D eigenvalue weighted by molar-refractivity contribution is 9.10. The van der Waals surface area contributed by atoms with Crippen LogP contribution >= 0.6 is 15.9 Å². The van der Waals surface area contributed by atoms with Gasteiger partial charge >= 0.3 is 0 Å². The maximum atomic E-state index is 11.8. The van der Waals surface area contributed by atoms with Crippen LogP contribution in [0.4, 0.5) is 0 Å². The monoisotopic (exact) mass is 312 g/mol. The van der Waals surface area contributed by atoms with Gasteiger partial charge in [0.05, 0.1) is 0 Å². The van der Waals surface area contributed by atoms with Gasteiger partial charge in [0, 0.05) is 23.0 Å².